The summed E-state index contributed by atoms with van der Waals surface area (Å²) in [6, 6.07) is 0.629. The number of nitrogens with one attached hydrogen (secondary N) is 1. The lowest BCUT2D eigenvalue weighted by atomic mass is 10.2. The predicted octanol–water partition coefficient (Wildman–Crippen LogP) is 3.33. The van der Waals surface area contributed by atoms with Gasteiger partial charge in [-0.2, -0.15) is 11.8 Å². The van der Waals surface area contributed by atoms with Gasteiger partial charge in [0.25, 0.3) is 0 Å². The van der Waals surface area contributed by atoms with E-state index < -0.39 is 0 Å². The van der Waals surface area contributed by atoms with E-state index in [2.05, 4.69) is 53.6 Å². The smallest absolute Gasteiger partial charge is 0.203 e. The second-order valence-electron chi connectivity index (χ2n) is 5.26. The fourth-order valence-electron chi connectivity index (χ4n) is 2.16. The maximum Gasteiger partial charge on any atom is 0.203 e. The monoisotopic (exact) mass is 253 g/mol. The van der Waals surface area contributed by atoms with Gasteiger partial charge in [0.2, 0.25) is 5.95 Å². The van der Waals surface area contributed by atoms with Crippen molar-refractivity contribution in [3.8, 4) is 0 Å². The Hall–Kier alpha value is -0.640. The van der Waals surface area contributed by atoms with Gasteiger partial charge in [-0.05, 0) is 31.4 Å². The lowest BCUT2D eigenvalue weighted by Crippen LogP contribution is -2.19. The number of rotatable bonds is 4. The van der Waals surface area contributed by atoms with Crippen molar-refractivity contribution in [3.63, 3.8) is 0 Å². The van der Waals surface area contributed by atoms with Crippen LogP contribution in [0.5, 0.6) is 0 Å². The molecule has 1 aliphatic rings. The molecule has 17 heavy (non-hydrogen) atoms. The van der Waals surface area contributed by atoms with Crippen LogP contribution in [0.3, 0.4) is 0 Å². The zero-order valence-corrected chi connectivity index (χ0v) is 11.9. The van der Waals surface area contributed by atoms with E-state index in [4.69, 9.17) is 0 Å². The minimum atomic E-state index is 0.629. The Morgan fingerprint density at radius 1 is 1.59 bits per heavy atom. The van der Waals surface area contributed by atoms with E-state index in [1.54, 1.807) is 0 Å². The van der Waals surface area contributed by atoms with Crippen LogP contribution in [0.15, 0.2) is 6.20 Å². The Labute approximate surface area is 108 Å². The Kier molecular flexibility index (Phi) is 4.37. The molecular weight excluding hydrogens is 230 g/mol. The zero-order chi connectivity index (χ0) is 12.3. The Morgan fingerprint density at radius 3 is 3.06 bits per heavy atom. The molecule has 0 amide bonds. The van der Waals surface area contributed by atoms with Crippen LogP contribution >= 0.6 is 11.8 Å². The largest absolute Gasteiger partial charge is 0.355 e. The third kappa shape index (κ3) is 3.41. The van der Waals surface area contributed by atoms with Gasteiger partial charge >= 0.3 is 0 Å². The molecule has 1 unspecified atom stereocenters. The molecule has 1 N–H and O–H groups in total. The first-order valence-electron chi connectivity index (χ1n) is 6.54. The normalized spacial score (nSPS) is 20.8. The fourth-order valence-corrected chi connectivity index (χ4v) is 3.30. The quantitative estimate of drug-likeness (QED) is 0.892. The molecule has 0 bridgehead atoms. The molecule has 1 saturated heterocycles. The van der Waals surface area contributed by atoms with Gasteiger partial charge in [0.05, 0.1) is 5.69 Å². The van der Waals surface area contributed by atoms with E-state index in [0.717, 1.165) is 18.2 Å². The van der Waals surface area contributed by atoms with E-state index in [1.165, 1.54) is 24.3 Å². The number of imidazole rings is 1. The third-order valence-electron chi connectivity index (χ3n) is 3.05. The third-order valence-corrected chi connectivity index (χ3v) is 4.25. The summed E-state index contributed by atoms with van der Waals surface area (Å²) in [6.07, 6.45) is 4.81. The van der Waals surface area contributed by atoms with Crippen LogP contribution in [0.25, 0.3) is 0 Å². The van der Waals surface area contributed by atoms with Gasteiger partial charge in [-0.15, -0.1) is 0 Å². The summed E-state index contributed by atoms with van der Waals surface area (Å²) in [7, 11) is 0. The molecule has 4 heteroatoms. The van der Waals surface area contributed by atoms with Crippen LogP contribution in [-0.4, -0.2) is 27.6 Å². The highest BCUT2D eigenvalue weighted by molar-refractivity contribution is 7.99. The first kappa shape index (κ1) is 12.8. The summed E-state index contributed by atoms with van der Waals surface area (Å²) in [5.74, 6) is 4.26. The summed E-state index contributed by atoms with van der Waals surface area (Å²) in [5.41, 5.74) is 1.12. The molecule has 0 radical (unpaired) electrons. The molecule has 0 spiro atoms. The minimum absolute atomic E-state index is 0.629. The average molecular weight is 253 g/mol. The van der Waals surface area contributed by atoms with Gasteiger partial charge in [-0.3, -0.25) is 0 Å². The van der Waals surface area contributed by atoms with E-state index in [0.29, 0.717) is 12.0 Å². The molecule has 0 saturated carbocycles. The Bertz CT molecular complexity index is 354. The molecule has 96 valence electrons. The highest BCUT2D eigenvalue weighted by atomic mass is 32.2. The van der Waals surface area contributed by atoms with Crippen molar-refractivity contribution in [2.75, 3.05) is 23.4 Å². The molecule has 1 aromatic rings. The number of anilines is 1. The van der Waals surface area contributed by atoms with Crippen molar-refractivity contribution < 1.29 is 0 Å². The lowest BCUT2D eigenvalue weighted by Gasteiger charge is -2.24. The van der Waals surface area contributed by atoms with Crippen LogP contribution < -0.4 is 5.32 Å². The molecule has 2 heterocycles. The molecule has 0 aliphatic carbocycles. The van der Waals surface area contributed by atoms with Gasteiger partial charge in [0.15, 0.2) is 0 Å². The number of thioether (sulfide) groups is 1. The van der Waals surface area contributed by atoms with Crippen LogP contribution in [0.1, 0.15) is 38.4 Å². The molecule has 1 aliphatic heterocycles. The first-order chi connectivity index (χ1) is 8.16. The molecular formula is C13H23N3S. The van der Waals surface area contributed by atoms with E-state index in [1.807, 2.05) is 0 Å². The number of hydrogen-bond donors (Lipinski definition) is 1. The van der Waals surface area contributed by atoms with Crippen molar-refractivity contribution >= 4 is 17.7 Å². The summed E-state index contributed by atoms with van der Waals surface area (Å²) in [5, 5.41) is 3.47. The van der Waals surface area contributed by atoms with Crippen molar-refractivity contribution in [1.29, 1.82) is 0 Å². The highest BCUT2D eigenvalue weighted by Gasteiger charge is 2.19. The summed E-state index contributed by atoms with van der Waals surface area (Å²) < 4.78 is 2.35. The standard InChI is InChI=1S/C13H23N3S/c1-10(2)7-14-13-15-11(3)8-16(13)12-5-4-6-17-9-12/h8,10,12H,4-7,9H2,1-3H3,(H,14,15). The fraction of sp³-hybridized carbons (Fsp3) is 0.769. The molecule has 1 fully saturated rings. The minimum Gasteiger partial charge on any atom is -0.355 e. The molecule has 1 aromatic heterocycles. The number of aromatic nitrogens is 2. The molecule has 0 aromatic carbocycles. The molecule has 1 atom stereocenters. The summed E-state index contributed by atoms with van der Waals surface area (Å²) >= 11 is 2.06. The molecule has 3 nitrogen and oxygen atoms in total. The van der Waals surface area contributed by atoms with Crippen LogP contribution in [0.2, 0.25) is 0 Å². The van der Waals surface area contributed by atoms with Gasteiger partial charge in [0, 0.05) is 24.5 Å². The summed E-state index contributed by atoms with van der Waals surface area (Å²) in [6.45, 7) is 7.52. The first-order valence-corrected chi connectivity index (χ1v) is 7.69. The van der Waals surface area contributed by atoms with Gasteiger partial charge < -0.3 is 9.88 Å². The van der Waals surface area contributed by atoms with E-state index in [-0.39, 0.29) is 0 Å². The van der Waals surface area contributed by atoms with Crippen molar-refractivity contribution in [2.24, 2.45) is 5.92 Å². The van der Waals surface area contributed by atoms with Crippen LogP contribution in [0.4, 0.5) is 5.95 Å². The zero-order valence-electron chi connectivity index (χ0n) is 11.1. The van der Waals surface area contributed by atoms with Crippen molar-refractivity contribution in [3.05, 3.63) is 11.9 Å². The highest BCUT2D eigenvalue weighted by Crippen LogP contribution is 2.29. The average Bonchev–Trinajstić information content (AvgIpc) is 2.69. The number of nitrogens with zero attached hydrogens (tertiary/aromatic N) is 2. The Morgan fingerprint density at radius 2 is 2.41 bits per heavy atom. The van der Waals surface area contributed by atoms with Gasteiger partial charge in [-0.25, -0.2) is 4.98 Å². The second-order valence-corrected chi connectivity index (χ2v) is 6.41. The van der Waals surface area contributed by atoms with E-state index in [9.17, 15) is 0 Å². The maximum absolute atomic E-state index is 4.60. The van der Waals surface area contributed by atoms with Gasteiger partial charge in [-0.1, -0.05) is 13.8 Å². The molecule has 2 rings (SSSR count). The lowest BCUT2D eigenvalue weighted by molar-refractivity contribution is 0.502. The Balaban J connectivity index is 2.08. The van der Waals surface area contributed by atoms with Crippen LogP contribution in [0, 0.1) is 12.8 Å². The van der Waals surface area contributed by atoms with Crippen molar-refractivity contribution in [2.45, 2.75) is 39.7 Å². The predicted molar refractivity (Wildman–Crippen MR) is 75.9 cm³/mol. The number of hydrogen-bond acceptors (Lipinski definition) is 3. The summed E-state index contributed by atoms with van der Waals surface area (Å²) in [4.78, 5) is 4.60. The topological polar surface area (TPSA) is 29.9 Å². The van der Waals surface area contributed by atoms with Crippen LogP contribution in [-0.2, 0) is 0 Å². The van der Waals surface area contributed by atoms with Crippen molar-refractivity contribution in [1.82, 2.24) is 9.55 Å². The maximum atomic E-state index is 4.60. The van der Waals surface area contributed by atoms with E-state index >= 15 is 0 Å². The SMILES string of the molecule is Cc1cn(C2CCCSC2)c(NCC(C)C)n1. The van der Waals surface area contributed by atoms with Gasteiger partial charge in [0.1, 0.15) is 0 Å². The second kappa shape index (κ2) is 5.80. The number of aryl methyl sites for hydroxylation is 1.